The van der Waals surface area contributed by atoms with E-state index in [1.807, 2.05) is 0 Å². The molecule has 0 N–H and O–H groups in total. The van der Waals surface area contributed by atoms with Crippen LogP contribution in [0.2, 0.25) is 5.15 Å². The van der Waals surface area contributed by atoms with Gasteiger partial charge in [0, 0.05) is 6.54 Å². The number of halogens is 4. The van der Waals surface area contributed by atoms with Crippen LogP contribution < -0.4 is 0 Å². The van der Waals surface area contributed by atoms with Crippen molar-refractivity contribution in [3.63, 3.8) is 0 Å². The number of nitrogens with zero attached hydrogens (tertiary/aromatic N) is 3. The van der Waals surface area contributed by atoms with Crippen LogP contribution in [0.25, 0.3) is 0 Å². The Hall–Kier alpha value is -1.37. The maximum Gasteiger partial charge on any atom is 0.406 e. The van der Waals surface area contributed by atoms with E-state index in [0.29, 0.717) is 11.3 Å². The fourth-order valence-electron chi connectivity index (χ4n) is 1.32. The number of amides is 1. The predicted octanol–water partition coefficient (Wildman–Crippen LogP) is 2.54. The van der Waals surface area contributed by atoms with Gasteiger partial charge in [-0.15, -0.1) is 0 Å². The molecule has 0 saturated heterocycles. The van der Waals surface area contributed by atoms with Crippen LogP contribution >= 0.6 is 11.6 Å². The molecule has 18 heavy (non-hydrogen) atoms. The fraction of sp³-hybridized carbons (Fsp3) is 0.500. The molecule has 0 aromatic carbocycles. The van der Waals surface area contributed by atoms with Gasteiger partial charge in [0.1, 0.15) is 17.4 Å². The summed E-state index contributed by atoms with van der Waals surface area (Å²) in [6.07, 6.45) is -1.84. The molecule has 1 aromatic heterocycles. The van der Waals surface area contributed by atoms with Crippen molar-refractivity contribution >= 4 is 17.5 Å². The first-order chi connectivity index (χ1) is 8.33. The largest absolute Gasteiger partial charge is 0.406 e. The van der Waals surface area contributed by atoms with E-state index in [-0.39, 0.29) is 17.4 Å². The van der Waals surface area contributed by atoms with Gasteiger partial charge in [-0.25, -0.2) is 9.97 Å². The third kappa shape index (κ3) is 4.48. The first-order valence-corrected chi connectivity index (χ1v) is 5.55. The molecular weight excluding hydrogens is 271 g/mol. The van der Waals surface area contributed by atoms with E-state index in [9.17, 15) is 18.0 Å². The Bertz CT molecular complexity index is 408. The highest BCUT2D eigenvalue weighted by atomic mass is 35.5. The van der Waals surface area contributed by atoms with Crippen LogP contribution in [-0.2, 0) is 0 Å². The summed E-state index contributed by atoms with van der Waals surface area (Å²) < 4.78 is 37.0. The minimum absolute atomic E-state index is 0.00263. The lowest BCUT2D eigenvalue weighted by molar-refractivity contribution is -0.140. The van der Waals surface area contributed by atoms with Crippen molar-refractivity contribution in [1.29, 1.82) is 0 Å². The van der Waals surface area contributed by atoms with E-state index in [2.05, 4.69) is 9.97 Å². The second-order valence-corrected chi connectivity index (χ2v) is 3.95. The third-order valence-electron chi connectivity index (χ3n) is 1.99. The number of hydrogen-bond acceptors (Lipinski definition) is 3. The Morgan fingerprint density at radius 2 is 2.06 bits per heavy atom. The number of hydrogen-bond donors (Lipinski definition) is 0. The van der Waals surface area contributed by atoms with Gasteiger partial charge < -0.3 is 4.90 Å². The highest BCUT2D eigenvalue weighted by Gasteiger charge is 2.33. The van der Waals surface area contributed by atoms with E-state index in [1.165, 1.54) is 0 Å². The van der Waals surface area contributed by atoms with Gasteiger partial charge in [-0.05, 0) is 6.42 Å². The van der Waals surface area contributed by atoms with Gasteiger partial charge in [-0.3, -0.25) is 4.79 Å². The first kappa shape index (κ1) is 14.7. The van der Waals surface area contributed by atoms with Gasteiger partial charge in [-0.1, -0.05) is 18.5 Å². The van der Waals surface area contributed by atoms with Crippen LogP contribution in [0.15, 0.2) is 12.4 Å². The summed E-state index contributed by atoms with van der Waals surface area (Å²) in [5, 5.41) is 0.0735. The molecule has 0 bridgehead atoms. The van der Waals surface area contributed by atoms with E-state index in [4.69, 9.17) is 11.6 Å². The predicted molar refractivity (Wildman–Crippen MR) is 59.3 cm³/mol. The van der Waals surface area contributed by atoms with Gasteiger partial charge in [0.2, 0.25) is 0 Å². The van der Waals surface area contributed by atoms with Crippen LogP contribution in [0.5, 0.6) is 0 Å². The summed E-state index contributed by atoms with van der Waals surface area (Å²) in [5.41, 5.74) is -0.155. The highest BCUT2D eigenvalue weighted by Crippen LogP contribution is 2.18. The minimum Gasteiger partial charge on any atom is -0.328 e. The average molecular weight is 282 g/mol. The van der Waals surface area contributed by atoms with E-state index in [0.717, 1.165) is 12.4 Å². The zero-order valence-corrected chi connectivity index (χ0v) is 10.3. The molecular formula is C10H11ClF3N3O. The first-order valence-electron chi connectivity index (χ1n) is 5.17. The maximum atomic E-state index is 12.3. The molecule has 0 atom stereocenters. The molecule has 100 valence electrons. The van der Waals surface area contributed by atoms with E-state index in [1.54, 1.807) is 6.92 Å². The fourth-order valence-corrected chi connectivity index (χ4v) is 1.42. The molecule has 0 spiro atoms. The number of carbonyl (C=O) groups is 1. The lowest BCUT2D eigenvalue weighted by Crippen LogP contribution is -2.39. The average Bonchev–Trinajstić information content (AvgIpc) is 2.27. The molecule has 0 unspecified atom stereocenters. The van der Waals surface area contributed by atoms with Crippen LogP contribution in [0.1, 0.15) is 23.8 Å². The summed E-state index contributed by atoms with van der Waals surface area (Å²) in [6, 6.07) is 0. The van der Waals surface area contributed by atoms with Crippen LogP contribution in [0.3, 0.4) is 0 Å². The summed E-state index contributed by atoms with van der Waals surface area (Å²) in [5.74, 6) is -0.807. The number of aromatic nitrogens is 2. The highest BCUT2D eigenvalue weighted by molar-refractivity contribution is 6.29. The lowest BCUT2D eigenvalue weighted by Gasteiger charge is -2.22. The molecule has 4 nitrogen and oxygen atoms in total. The molecule has 0 saturated carbocycles. The van der Waals surface area contributed by atoms with Gasteiger partial charge in [0.25, 0.3) is 5.91 Å². The summed E-state index contributed by atoms with van der Waals surface area (Å²) >= 11 is 5.49. The Morgan fingerprint density at radius 1 is 1.39 bits per heavy atom. The van der Waals surface area contributed by atoms with Crippen molar-refractivity contribution in [3.05, 3.63) is 23.2 Å². The standard InChI is InChI=1S/C10H11ClF3N3O/c1-2-3-17(6-10(12,13)14)9(18)7-4-16-8(11)5-15-7/h4-5H,2-3,6H2,1H3. The Morgan fingerprint density at radius 3 is 2.50 bits per heavy atom. The molecule has 0 aliphatic heterocycles. The molecule has 1 aromatic rings. The van der Waals surface area contributed by atoms with Gasteiger partial charge in [0.05, 0.1) is 12.4 Å². The maximum absolute atomic E-state index is 12.3. The third-order valence-corrected chi connectivity index (χ3v) is 2.19. The quantitative estimate of drug-likeness (QED) is 0.852. The van der Waals surface area contributed by atoms with Crippen LogP contribution in [-0.4, -0.2) is 40.0 Å². The van der Waals surface area contributed by atoms with Crippen molar-refractivity contribution < 1.29 is 18.0 Å². The smallest absolute Gasteiger partial charge is 0.328 e. The normalized spacial score (nSPS) is 11.4. The molecule has 0 aliphatic carbocycles. The Labute approximate surface area is 107 Å². The zero-order chi connectivity index (χ0) is 13.8. The molecule has 1 heterocycles. The lowest BCUT2D eigenvalue weighted by atomic mass is 10.3. The van der Waals surface area contributed by atoms with Gasteiger partial charge in [0.15, 0.2) is 0 Å². The topological polar surface area (TPSA) is 46.1 Å². The SMILES string of the molecule is CCCN(CC(F)(F)F)C(=O)c1cnc(Cl)cn1. The van der Waals surface area contributed by atoms with Crippen molar-refractivity contribution in [2.75, 3.05) is 13.1 Å². The van der Waals surface area contributed by atoms with Crippen LogP contribution in [0.4, 0.5) is 13.2 Å². The molecule has 0 radical (unpaired) electrons. The second-order valence-electron chi connectivity index (χ2n) is 3.57. The van der Waals surface area contributed by atoms with Crippen LogP contribution in [0, 0.1) is 0 Å². The monoisotopic (exact) mass is 281 g/mol. The van der Waals surface area contributed by atoms with Gasteiger partial charge >= 0.3 is 6.18 Å². The van der Waals surface area contributed by atoms with E-state index >= 15 is 0 Å². The summed E-state index contributed by atoms with van der Waals surface area (Å²) in [7, 11) is 0. The molecule has 0 fully saturated rings. The molecule has 0 aliphatic rings. The molecule has 1 rings (SSSR count). The number of carbonyl (C=O) groups excluding carboxylic acids is 1. The van der Waals surface area contributed by atoms with Crippen molar-refractivity contribution in [3.8, 4) is 0 Å². The zero-order valence-electron chi connectivity index (χ0n) is 9.54. The molecule has 8 heteroatoms. The minimum atomic E-state index is -4.44. The summed E-state index contributed by atoms with van der Waals surface area (Å²) in [4.78, 5) is 19.8. The number of alkyl halides is 3. The Balaban J connectivity index is 2.85. The summed E-state index contributed by atoms with van der Waals surface area (Å²) in [6.45, 7) is 0.386. The second kappa shape index (κ2) is 5.99. The van der Waals surface area contributed by atoms with Crippen molar-refractivity contribution in [2.24, 2.45) is 0 Å². The van der Waals surface area contributed by atoms with Crippen molar-refractivity contribution in [1.82, 2.24) is 14.9 Å². The van der Waals surface area contributed by atoms with E-state index < -0.39 is 18.6 Å². The molecule has 1 amide bonds. The van der Waals surface area contributed by atoms with Crippen molar-refractivity contribution in [2.45, 2.75) is 19.5 Å². The number of rotatable bonds is 4. The van der Waals surface area contributed by atoms with Gasteiger partial charge in [-0.2, -0.15) is 13.2 Å². The Kier molecular flexibility index (Phi) is 4.89.